The summed E-state index contributed by atoms with van der Waals surface area (Å²) in [5, 5.41) is 9.74. The maximum atomic E-state index is 9.74. The molecule has 1 aromatic heterocycles. The van der Waals surface area contributed by atoms with Crippen molar-refractivity contribution in [1.82, 2.24) is 4.98 Å². The molecule has 0 saturated heterocycles. The van der Waals surface area contributed by atoms with Gasteiger partial charge < -0.3 is 10.5 Å². The van der Waals surface area contributed by atoms with E-state index in [1.54, 1.807) is 0 Å². The Labute approximate surface area is 182 Å². The van der Waals surface area contributed by atoms with Crippen LogP contribution in [0.3, 0.4) is 0 Å². The predicted molar refractivity (Wildman–Crippen MR) is 124 cm³/mol. The van der Waals surface area contributed by atoms with Crippen LogP contribution in [0.25, 0.3) is 22.4 Å². The standard InChI is InChI=1S/C27H23N3O/c1-18-11-12-19(2)23(13-18)26-15-24(25(16-28)27(29)30-26)21-9-6-10-22(14-21)31-17-20-7-4-3-5-8-20/h3-15H,17H2,1-2H3,(H2,29,30). The van der Waals surface area contributed by atoms with Gasteiger partial charge in [0.2, 0.25) is 0 Å². The number of hydrogen-bond donors (Lipinski definition) is 1. The van der Waals surface area contributed by atoms with Crippen LogP contribution in [0.15, 0.2) is 78.9 Å². The third-order valence-electron chi connectivity index (χ3n) is 5.22. The first-order valence-corrected chi connectivity index (χ1v) is 10.1. The van der Waals surface area contributed by atoms with Crippen molar-refractivity contribution in [1.29, 1.82) is 5.26 Å². The molecule has 4 nitrogen and oxygen atoms in total. The summed E-state index contributed by atoms with van der Waals surface area (Å²) < 4.78 is 5.98. The van der Waals surface area contributed by atoms with Crippen molar-refractivity contribution in [2.24, 2.45) is 0 Å². The molecule has 1 heterocycles. The van der Waals surface area contributed by atoms with E-state index in [-0.39, 0.29) is 5.82 Å². The first kappa shape index (κ1) is 20.2. The summed E-state index contributed by atoms with van der Waals surface area (Å²) in [5.74, 6) is 0.959. The van der Waals surface area contributed by atoms with Crippen LogP contribution in [0.1, 0.15) is 22.3 Å². The molecule has 4 rings (SSSR count). The van der Waals surface area contributed by atoms with Crippen molar-refractivity contribution in [2.75, 3.05) is 5.73 Å². The Bertz CT molecular complexity index is 1270. The number of aryl methyl sites for hydroxylation is 2. The maximum absolute atomic E-state index is 9.74. The number of nitrogen functional groups attached to an aromatic ring is 1. The van der Waals surface area contributed by atoms with E-state index >= 15 is 0 Å². The number of nitrogens with two attached hydrogens (primary N) is 1. The van der Waals surface area contributed by atoms with E-state index in [1.807, 2.05) is 74.5 Å². The van der Waals surface area contributed by atoms with Crippen molar-refractivity contribution in [2.45, 2.75) is 20.5 Å². The minimum atomic E-state index is 0.228. The third kappa shape index (κ3) is 4.41. The van der Waals surface area contributed by atoms with Gasteiger partial charge in [-0.05, 0) is 54.8 Å². The largest absolute Gasteiger partial charge is 0.489 e. The Morgan fingerprint density at radius 2 is 1.71 bits per heavy atom. The number of aromatic nitrogens is 1. The highest BCUT2D eigenvalue weighted by Gasteiger charge is 2.15. The molecule has 0 radical (unpaired) electrons. The summed E-state index contributed by atoms with van der Waals surface area (Å²) in [4.78, 5) is 4.52. The lowest BCUT2D eigenvalue weighted by molar-refractivity contribution is 0.306. The Hall–Kier alpha value is -4.10. The highest BCUT2D eigenvalue weighted by molar-refractivity contribution is 5.81. The first-order chi connectivity index (χ1) is 15.0. The van der Waals surface area contributed by atoms with Crippen LogP contribution in [0.2, 0.25) is 0 Å². The summed E-state index contributed by atoms with van der Waals surface area (Å²) >= 11 is 0. The van der Waals surface area contributed by atoms with Crippen molar-refractivity contribution < 1.29 is 4.74 Å². The summed E-state index contributed by atoms with van der Waals surface area (Å²) in [6, 6.07) is 28.1. The number of ether oxygens (including phenoxy) is 1. The van der Waals surface area contributed by atoms with Gasteiger partial charge in [-0.2, -0.15) is 5.26 Å². The Balaban J connectivity index is 1.74. The van der Waals surface area contributed by atoms with Gasteiger partial charge in [0.1, 0.15) is 29.8 Å². The zero-order chi connectivity index (χ0) is 21.8. The Kier molecular flexibility index (Phi) is 5.68. The van der Waals surface area contributed by atoms with E-state index in [9.17, 15) is 5.26 Å². The number of hydrogen-bond acceptors (Lipinski definition) is 4. The molecule has 4 aromatic rings. The summed E-state index contributed by atoms with van der Waals surface area (Å²) in [6.07, 6.45) is 0. The second-order valence-corrected chi connectivity index (χ2v) is 7.55. The number of pyridine rings is 1. The van der Waals surface area contributed by atoms with Gasteiger partial charge in [-0.3, -0.25) is 0 Å². The van der Waals surface area contributed by atoms with E-state index in [1.165, 1.54) is 0 Å². The SMILES string of the molecule is Cc1ccc(C)c(-c2cc(-c3cccc(OCc4ccccc4)c3)c(C#N)c(N)n2)c1. The minimum Gasteiger partial charge on any atom is -0.489 e. The molecule has 152 valence electrons. The van der Waals surface area contributed by atoms with Crippen LogP contribution >= 0.6 is 0 Å². The fourth-order valence-electron chi connectivity index (χ4n) is 3.55. The van der Waals surface area contributed by atoms with Crippen LogP contribution in [-0.4, -0.2) is 4.98 Å². The molecule has 0 saturated carbocycles. The zero-order valence-electron chi connectivity index (χ0n) is 17.6. The molecule has 0 aliphatic carbocycles. The number of nitrogens with zero attached hydrogens (tertiary/aromatic N) is 2. The number of anilines is 1. The van der Waals surface area contributed by atoms with Crippen molar-refractivity contribution >= 4 is 5.82 Å². The molecule has 0 aliphatic rings. The van der Waals surface area contributed by atoms with Crippen LogP contribution in [0, 0.1) is 25.2 Å². The van der Waals surface area contributed by atoms with Crippen molar-refractivity contribution in [3.63, 3.8) is 0 Å². The predicted octanol–water partition coefficient (Wildman–Crippen LogP) is 6.07. The minimum absolute atomic E-state index is 0.228. The van der Waals surface area contributed by atoms with E-state index in [0.717, 1.165) is 44.8 Å². The molecule has 0 fully saturated rings. The molecular weight excluding hydrogens is 382 g/mol. The second kappa shape index (κ2) is 8.73. The summed E-state index contributed by atoms with van der Waals surface area (Å²) in [6.45, 7) is 4.56. The fraction of sp³-hybridized carbons (Fsp3) is 0.111. The van der Waals surface area contributed by atoms with Gasteiger partial charge in [0, 0.05) is 11.1 Å². The van der Waals surface area contributed by atoms with Gasteiger partial charge in [-0.25, -0.2) is 4.98 Å². The van der Waals surface area contributed by atoms with Crippen LogP contribution in [-0.2, 0) is 6.61 Å². The van der Waals surface area contributed by atoms with Crippen LogP contribution < -0.4 is 10.5 Å². The number of benzene rings is 3. The normalized spacial score (nSPS) is 10.5. The van der Waals surface area contributed by atoms with E-state index < -0.39 is 0 Å². The quantitative estimate of drug-likeness (QED) is 0.438. The molecule has 0 spiro atoms. The van der Waals surface area contributed by atoms with Gasteiger partial charge in [0.25, 0.3) is 0 Å². The maximum Gasteiger partial charge on any atom is 0.142 e. The lowest BCUT2D eigenvalue weighted by Crippen LogP contribution is -2.01. The van der Waals surface area contributed by atoms with Gasteiger partial charge in [-0.1, -0.05) is 60.2 Å². The molecule has 31 heavy (non-hydrogen) atoms. The zero-order valence-corrected chi connectivity index (χ0v) is 17.6. The van der Waals surface area contributed by atoms with Crippen LogP contribution in [0.4, 0.5) is 5.82 Å². The summed E-state index contributed by atoms with van der Waals surface area (Å²) in [7, 11) is 0. The first-order valence-electron chi connectivity index (χ1n) is 10.1. The van der Waals surface area contributed by atoms with E-state index in [0.29, 0.717) is 12.2 Å². The molecule has 0 atom stereocenters. The van der Waals surface area contributed by atoms with E-state index in [4.69, 9.17) is 10.5 Å². The van der Waals surface area contributed by atoms with Crippen molar-refractivity contribution in [3.05, 3.63) is 101 Å². The van der Waals surface area contributed by atoms with Gasteiger partial charge in [0.15, 0.2) is 0 Å². The third-order valence-corrected chi connectivity index (χ3v) is 5.22. The molecule has 0 amide bonds. The number of nitriles is 1. The highest BCUT2D eigenvalue weighted by atomic mass is 16.5. The van der Waals surface area contributed by atoms with Crippen LogP contribution in [0.5, 0.6) is 5.75 Å². The lowest BCUT2D eigenvalue weighted by Gasteiger charge is -2.13. The lowest BCUT2D eigenvalue weighted by atomic mass is 9.96. The molecule has 0 unspecified atom stereocenters. The monoisotopic (exact) mass is 405 g/mol. The second-order valence-electron chi connectivity index (χ2n) is 7.55. The Morgan fingerprint density at radius 3 is 2.48 bits per heavy atom. The number of rotatable bonds is 5. The average molecular weight is 406 g/mol. The average Bonchev–Trinajstić information content (AvgIpc) is 2.79. The molecule has 0 aliphatic heterocycles. The van der Waals surface area contributed by atoms with Crippen molar-refractivity contribution in [3.8, 4) is 34.2 Å². The smallest absolute Gasteiger partial charge is 0.142 e. The molecule has 3 aromatic carbocycles. The Morgan fingerprint density at radius 1 is 0.903 bits per heavy atom. The topological polar surface area (TPSA) is 71.9 Å². The van der Waals surface area contributed by atoms with Gasteiger partial charge >= 0.3 is 0 Å². The highest BCUT2D eigenvalue weighted by Crippen LogP contribution is 2.34. The van der Waals surface area contributed by atoms with Gasteiger partial charge in [-0.15, -0.1) is 0 Å². The molecular formula is C27H23N3O. The van der Waals surface area contributed by atoms with E-state index in [2.05, 4.69) is 29.3 Å². The molecule has 4 heteroatoms. The molecule has 2 N–H and O–H groups in total. The van der Waals surface area contributed by atoms with Gasteiger partial charge in [0.05, 0.1) is 5.69 Å². The fourth-order valence-corrected chi connectivity index (χ4v) is 3.55. The summed E-state index contributed by atoms with van der Waals surface area (Å²) in [5.41, 5.74) is 13.3. The molecule has 0 bridgehead atoms.